The average Bonchev–Trinajstić information content (AvgIpc) is 2.56. The highest BCUT2D eigenvalue weighted by molar-refractivity contribution is 5.98. The molecule has 1 rings (SSSR count). The Hall–Kier alpha value is -2.41. The molecule has 0 bridgehead atoms. The van der Waals surface area contributed by atoms with Gasteiger partial charge in [-0.3, -0.25) is 4.79 Å². The Balaban J connectivity index is 3.97. The first-order chi connectivity index (χ1) is 11.5. The van der Waals surface area contributed by atoms with E-state index >= 15 is 0 Å². The molecule has 1 aromatic carbocycles. The van der Waals surface area contributed by atoms with Crippen LogP contribution in [0.1, 0.15) is 33.3 Å². The Morgan fingerprint density at radius 1 is 0.960 bits per heavy atom. The second-order valence-corrected chi connectivity index (χ2v) is 6.74. The summed E-state index contributed by atoms with van der Waals surface area (Å²) in [4.78, 5) is 37.5. The Bertz CT molecular complexity index is 651. The molecule has 0 unspecified atom stereocenters. The molecule has 7 heteroatoms. The van der Waals surface area contributed by atoms with Crippen LogP contribution in [0.15, 0.2) is 30.3 Å². The van der Waals surface area contributed by atoms with E-state index in [1.165, 1.54) is 19.1 Å². The standard InChI is InChI=1S/C18H25NO6/c1-12(20)19-18(15(22)25-6,16(2,3)4)17(23,14(21)24-5)13-10-8-7-9-11-13/h7-11,23H,1-6H3,(H,19,20)/t17-,18+/m0/s1. The average molecular weight is 351 g/mol. The molecule has 0 spiro atoms. The molecule has 1 amide bonds. The number of esters is 2. The van der Waals surface area contributed by atoms with Crippen molar-refractivity contribution in [1.29, 1.82) is 0 Å². The zero-order chi connectivity index (χ0) is 19.5. The fourth-order valence-corrected chi connectivity index (χ4v) is 3.06. The molecule has 0 fully saturated rings. The van der Waals surface area contributed by atoms with Gasteiger partial charge in [-0.2, -0.15) is 0 Å². The molecular formula is C18H25NO6. The van der Waals surface area contributed by atoms with Crippen LogP contribution in [0.25, 0.3) is 0 Å². The van der Waals surface area contributed by atoms with Crippen molar-refractivity contribution in [3.05, 3.63) is 35.9 Å². The molecule has 0 aliphatic heterocycles. The summed E-state index contributed by atoms with van der Waals surface area (Å²) in [6.07, 6.45) is 0. The van der Waals surface area contributed by atoms with Gasteiger partial charge in [-0.05, 0) is 11.0 Å². The van der Waals surface area contributed by atoms with Crippen molar-refractivity contribution in [2.45, 2.75) is 38.8 Å². The molecule has 138 valence electrons. The number of hydrogen-bond acceptors (Lipinski definition) is 6. The molecule has 1 aromatic rings. The molecule has 0 saturated heterocycles. The van der Waals surface area contributed by atoms with Crippen LogP contribution in [0.5, 0.6) is 0 Å². The van der Waals surface area contributed by atoms with E-state index in [4.69, 9.17) is 9.47 Å². The maximum absolute atomic E-state index is 12.9. The van der Waals surface area contributed by atoms with Gasteiger partial charge in [0, 0.05) is 6.92 Å². The zero-order valence-corrected chi connectivity index (χ0v) is 15.4. The normalized spacial score (nSPS) is 16.1. The Kier molecular flexibility index (Phi) is 5.96. The molecule has 7 nitrogen and oxygen atoms in total. The van der Waals surface area contributed by atoms with Crippen LogP contribution in [0, 0.1) is 5.41 Å². The third kappa shape index (κ3) is 3.24. The van der Waals surface area contributed by atoms with Crippen LogP contribution < -0.4 is 5.32 Å². The summed E-state index contributed by atoms with van der Waals surface area (Å²) < 4.78 is 9.68. The van der Waals surface area contributed by atoms with Gasteiger partial charge in [-0.15, -0.1) is 0 Å². The van der Waals surface area contributed by atoms with Gasteiger partial charge in [0.05, 0.1) is 14.2 Å². The Morgan fingerprint density at radius 2 is 1.44 bits per heavy atom. The van der Waals surface area contributed by atoms with E-state index in [0.29, 0.717) is 0 Å². The largest absolute Gasteiger partial charge is 0.467 e. The Morgan fingerprint density at radius 3 is 1.80 bits per heavy atom. The maximum Gasteiger partial charge on any atom is 0.345 e. The van der Waals surface area contributed by atoms with Crippen molar-refractivity contribution in [1.82, 2.24) is 5.32 Å². The van der Waals surface area contributed by atoms with E-state index in [1.54, 1.807) is 39.0 Å². The minimum absolute atomic E-state index is 0.0934. The minimum Gasteiger partial charge on any atom is -0.467 e. The predicted octanol–water partition coefficient (Wildman–Crippen LogP) is 1.14. The van der Waals surface area contributed by atoms with Gasteiger partial charge in [-0.25, -0.2) is 9.59 Å². The molecule has 0 aliphatic carbocycles. The number of nitrogens with one attached hydrogen (secondary N) is 1. The molecule has 0 radical (unpaired) electrons. The first-order valence-corrected chi connectivity index (χ1v) is 7.72. The summed E-state index contributed by atoms with van der Waals surface area (Å²) in [6.45, 7) is 6.01. The lowest BCUT2D eigenvalue weighted by atomic mass is 9.61. The number of amides is 1. The summed E-state index contributed by atoms with van der Waals surface area (Å²) in [5.74, 6) is -2.67. The van der Waals surface area contributed by atoms with Crippen LogP contribution in [0.3, 0.4) is 0 Å². The van der Waals surface area contributed by atoms with Crippen LogP contribution in [0.4, 0.5) is 0 Å². The van der Waals surface area contributed by atoms with Gasteiger partial charge >= 0.3 is 11.9 Å². The number of aliphatic hydroxyl groups is 1. The fourth-order valence-electron chi connectivity index (χ4n) is 3.06. The summed E-state index contributed by atoms with van der Waals surface area (Å²) >= 11 is 0. The molecule has 0 heterocycles. The maximum atomic E-state index is 12.9. The number of carbonyl (C=O) groups excluding carboxylic acids is 3. The fraction of sp³-hybridized carbons (Fsp3) is 0.500. The molecule has 25 heavy (non-hydrogen) atoms. The second-order valence-electron chi connectivity index (χ2n) is 6.74. The lowest BCUT2D eigenvalue weighted by Crippen LogP contribution is -2.75. The van der Waals surface area contributed by atoms with Gasteiger partial charge in [0.25, 0.3) is 0 Å². The van der Waals surface area contributed by atoms with E-state index in [-0.39, 0.29) is 5.56 Å². The number of carbonyl (C=O) groups is 3. The summed E-state index contributed by atoms with van der Waals surface area (Å²) in [6, 6.07) is 7.84. The van der Waals surface area contributed by atoms with Crippen molar-refractivity contribution in [2.24, 2.45) is 5.41 Å². The van der Waals surface area contributed by atoms with Gasteiger partial charge in [0.1, 0.15) is 0 Å². The smallest absolute Gasteiger partial charge is 0.345 e. The highest BCUT2D eigenvalue weighted by atomic mass is 16.5. The molecule has 0 aromatic heterocycles. The molecule has 2 atom stereocenters. The van der Waals surface area contributed by atoms with Gasteiger partial charge < -0.3 is 19.9 Å². The Labute approximate surface area is 147 Å². The lowest BCUT2D eigenvalue weighted by Gasteiger charge is -2.50. The van der Waals surface area contributed by atoms with E-state index < -0.39 is 34.4 Å². The van der Waals surface area contributed by atoms with Crippen molar-refractivity contribution < 1.29 is 29.0 Å². The quantitative estimate of drug-likeness (QED) is 0.772. The van der Waals surface area contributed by atoms with E-state index in [9.17, 15) is 19.5 Å². The number of methoxy groups -OCH3 is 2. The zero-order valence-electron chi connectivity index (χ0n) is 15.4. The van der Waals surface area contributed by atoms with Crippen LogP contribution in [0.2, 0.25) is 0 Å². The van der Waals surface area contributed by atoms with Crippen molar-refractivity contribution in [2.75, 3.05) is 14.2 Å². The van der Waals surface area contributed by atoms with E-state index in [1.807, 2.05) is 0 Å². The third-order valence-electron chi connectivity index (χ3n) is 4.20. The molecule has 2 N–H and O–H groups in total. The van der Waals surface area contributed by atoms with Crippen molar-refractivity contribution in [3.8, 4) is 0 Å². The van der Waals surface area contributed by atoms with E-state index in [2.05, 4.69) is 5.32 Å². The van der Waals surface area contributed by atoms with Crippen LogP contribution >= 0.6 is 0 Å². The third-order valence-corrected chi connectivity index (χ3v) is 4.20. The highest BCUT2D eigenvalue weighted by Gasteiger charge is 2.69. The lowest BCUT2D eigenvalue weighted by molar-refractivity contribution is -0.198. The van der Waals surface area contributed by atoms with Crippen LogP contribution in [-0.2, 0) is 29.5 Å². The summed E-state index contributed by atoms with van der Waals surface area (Å²) in [5, 5.41) is 14.0. The summed E-state index contributed by atoms with van der Waals surface area (Å²) in [5.41, 5.74) is -5.67. The number of benzene rings is 1. The van der Waals surface area contributed by atoms with Gasteiger partial charge in [-0.1, -0.05) is 51.1 Å². The first kappa shape index (κ1) is 20.6. The topological polar surface area (TPSA) is 102 Å². The van der Waals surface area contributed by atoms with E-state index in [0.717, 1.165) is 14.2 Å². The van der Waals surface area contributed by atoms with Gasteiger partial charge in [0.2, 0.25) is 11.5 Å². The van der Waals surface area contributed by atoms with Crippen molar-refractivity contribution in [3.63, 3.8) is 0 Å². The number of rotatable bonds is 5. The highest BCUT2D eigenvalue weighted by Crippen LogP contribution is 2.46. The molecule has 0 saturated carbocycles. The summed E-state index contributed by atoms with van der Waals surface area (Å²) in [7, 11) is 2.21. The minimum atomic E-state index is -2.51. The molecule has 0 aliphatic rings. The SMILES string of the molecule is COC(=O)[C@@](O)(c1ccccc1)[C@@](NC(C)=O)(C(=O)OC)C(C)(C)C. The first-order valence-electron chi connectivity index (χ1n) is 7.72. The number of ether oxygens (including phenoxy) is 2. The number of hydrogen-bond donors (Lipinski definition) is 2. The predicted molar refractivity (Wildman–Crippen MR) is 90.4 cm³/mol. The molecular weight excluding hydrogens is 326 g/mol. The van der Waals surface area contributed by atoms with Gasteiger partial charge in [0.15, 0.2) is 5.54 Å². The second kappa shape index (κ2) is 7.23. The monoisotopic (exact) mass is 351 g/mol. The van der Waals surface area contributed by atoms with Crippen LogP contribution in [-0.4, -0.2) is 42.7 Å². The van der Waals surface area contributed by atoms with Crippen molar-refractivity contribution >= 4 is 17.8 Å².